The summed E-state index contributed by atoms with van der Waals surface area (Å²) in [6.45, 7) is 4.24. The second-order valence-electron chi connectivity index (χ2n) is 9.09. The maximum absolute atomic E-state index is 12.3. The van der Waals surface area contributed by atoms with Crippen molar-refractivity contribution in [2.24, 2.45) is 0 Å². The van der Waals surface area contributed by atoms with E-state index < -0.39 is 11.9 Å². The summed E-state index contributed by atoms with van der Waals surface area (Å²) in [4.78, 5) is 38.0. The lowest BCUT2D eigenvalue weighted by Crippen LogP contribution is -2.47. The van der Waals surface area contributed by atoms with Crippen molar-refractivity contribution in [3.8, 4) is 34.5 Å². The Hall–Kier alpha value is -4.64. The van der Waals surface area contributed by atoms with Gasteiger partial charge in [0.15, 0.2) is 5.82 Å². The van der Waals surface area contributed by atoms with Crippen molar-refractivity contribution in [2.75, 3.05) is 58.5 Å². The summed E-state index contributed by atoms with van der Waals surface area (Å²) in [5.41, 5.74) is 2.09. The molecule has 0 saturated carbocycles. The Morgan fingerprint density at radius 2 is 1.48 bits per heavy atom. The van der Waals surface area contributed by atoms with Crippen LogP contribution in [-0.2, 0) is 20.9 Å². The molecule has 1 aromatic heterocycles. The van der Waals surface area contributed by atoms with Crippen LogP contribution in [0.2, 0.25) is 0 Å². The zero-order valence-corrected chi connectivity index (χ0v) is 22.4. The van der Waals surface area contributed by atoms with Crippen LogP contribution in [0.4, 0.5) is 5.69 Å². The number of esters is 2. The first-order chi connectivity index (χ1) is 19.5. The number of anilines is 1. The van der Waals surface area contributed by atoms with E-state index in [2.05, 4.69) is 31.9 Å². The van der Waals surface area contributed by atoms with E-state index >= 15 is 0 Å². The number of cyclic esters (lactones) is 1. The number of hydrogen-bond donors (Lipinski definition) is 0. The minimum atomic E-state index is -0.750. The van der Waals surface area contributed by atoms with E-state index in [0.29, 0.717) is 30.3 Å². The minimum absolute atomic E-state index is 0.0333. The molecule has 208 valence electrons. The van der Waals surface area contributed by atoms with E-state index in [1.807, 2.05) is 12.1 Å². The Morgan fingerprint density at radius 1 is 0.825 bits per heavy atom. The molecular formula is C29H30N4O7. The molecule has 2 aromatic carbocycles. The molecule has 5 rings (SSSR count). The number of piperazine rings is 1. The van der Waals surface area contributed by atoms with Gasteiger partial charge in [-0.05, 0) is 48.5 Å². The van der Waals surface area contributed by atoms with Crippen molar-refractivity contribution in [1.29, 1.82) is 0 Å². The van der Waals surface area contributed by atoms with Gasteiger partial charge in [0.2, 0.25) is 5.75 Å². The summed E-state index contributed by atoms with van der Waals surface area (Å²) in [5, 5.41) is 0. The molecule has 1 saturated heterocycles. The topological polar surface area (TPSA) is 113 Å². The molecular weight excluding hydrogens is 516 g/mol. The second kappa shape index (κ2) is 12.5. The molecule has 11 heteroatoms. The van der Waals surface area contributed by atoms with Crippen LogP contribution in [0.25, 0.3) is 11.4 Å². The average molecular weight is 547 g/mol. The van der Waals surface area contributed by atoms with Gasteiger partial charge in [0.1, 0.15) is 30.4 Å². The van der Waals surface area contributed by atoms with Gasteiger partial charge in [0.25, 0.3) is 5.88 Å². The molecule has 0 amide bonds. The number of methoxy groups -OCH3 is 2. The zero-order chi connectivity index (χ0) is 27.9. The molecule has 0 spiro atoms. The number of ether oxygens (including phenoxy) is 5. The Morgan fingerprint density at radius 3 is 2.15 bits per heavy atom. The first-order valence-corrected chi connectivity index (χ1v) is 12.9. The Balaban J connectivity index is 1.29. The van der Waals surface area contributed by atoms with Crippen LogP contribution in [0.5, 0.6) is 23.1 Å². The third-order valence-corrected chi connectivity index (χ3v) is 6.62. The van der Waals surface area contributed by atoms with Crippen molar-refractivity contribution in [1.82, 2.24) is 14.9 Å². The highest BCUT2D eigenvalue weighted by Gasteiger charge is 2.24. The highest BCUT2D eigenvalue weighted by Crippen LogP contribution is 2.33. The van der Waals surface area contributed by atoms with Gasteiger partial charge in [-0.1, -0.05) is 0 Å². The van der Waals surface area contributed by atoms with Gasteiger partial charge in [0.05, 0.1) is 14.2 Å². The summed E-state index contributed by atoms with van der Waals surface area (Å²) in [5.74, 6) is 0.570. The van der Waals surface area contributed by atoms with Crippen molar-refractivity contribution in [2.45, 2.75) is 6.61 Å². The fourth-order valence-corrected chi connectivity index (χ4v) is 4.39. The third kappa shape index (κ3) is 6.49. The molecule has 40 heavy (non-hydrogen) atoms. The second-order valence-corrected chi connectivity index (χ2v) is 9.09. The molecule has 0 atom stereocenters. The SMILES string of the molecule is COc1ccc(-c2nc3c(c(OCCN4CCN(c5ccc(OC)cc5)CC4)n2)OC(=O)/C=C\C(=O)OC3)cc1. The van der Waals surface area contributed by atoms with E-state index in [9.17, 15) is 9.59 Å². The quantitative estimate of drug-likeness (QED) is 0.389. The summed E-state index contributed by atoms with van der Waals surface area (Å²) < 4.78 is 27.3. The third-order valence-electron chi connectivity index (χ3n) is 6.62. The van der Waals surface area contributed by atoms with Gasteiger partial charge in [0, 0.05) is 56.1 Å². The lowest BCUT2D eigenvalue weighted by atomic mass is 10.2. The van der Waals surface area contributed by atoms with Gasteiger partial charge in [-0.2, -0.15) is 4.98 Å². The normalized spacial score (nSPS) is 16.5. The van der Waals surface area contributed by atoms with Crippen molar-refractivity contribution < 1.29 is 33.3 Å². The molecule has 1 fully saturated rings. The van der Waals surface area contributed by atoms with Crippen molar-refractivity contribution >= 4 is 17.6 Å². The summed E-state index contributed by atoms with van der Waals surface area (Å²) in [6.07, 6.45) is 2.01. The number of benzene rings is 2. The van der Waals surface area contributed by atoms with Gasteiger partial charge >= 0.3 is 11.9 Å². The molecule has 2 aliphatic heterocycles. The molecule has 0 aliphatic carbocycles. The highest BCUT2D eigenvalue weighted by atomic mass is 16.6. The Bertz CT molecular complexity index is 1370. The monoisotopic (exact) mass is 546 g/mol. The van der Waals surface area contributed by atoms with Crippen LogP contribution in [-0.4, -0.2) is 80.4 Å². The van der Waals surface area contributed by atoms with Crippen LogP contribution < -0.4 is 23.8 Å². The molecule has 2 aliphatic rings. The molecule has 3 aromatic rings. The number of carbonyl (C=O) groups is 2. The predicted molar refractivity (Wildman–Crippen MR) is 146 cm³/mol. The number of hydrogen-bond acceptors (Lipinski definition) is 11. The zero-order valence-electron chi connectivity index (χ0n) is 22.4. The smallest absolute Gasteiger partial charge is 0.336 e. The molecule has 3 heterocycles. The molecule has 0 radical (unpaired) electrons. The van der Waals surface area contributed by atoms with Gasteiger partial charge in [-0.25, -0.2) is 14.6 Å². The maximum atomic E-state index is 12.3. The lowest BCUT2D eigenvalue weighted by Gasteiger charge is -2.36. The molecule has 0 unspecified atom stereocenters. The van der Waals surface area contributed by atoms with Crippen molar-refractivity contribution in [3.05, 3.63) is 66.4 Å². The largest absolute Gasteiger partial charge is 0.497 e. The summed E-state index contributed by atoms with van der Waals surface area (Å²) >= 11 is 0. The Kier molecular flexibility index (Phi) is 8.41. The first-order valence-electron chi connectivity index (χ1n) is 12.9. The molecule has 0 bridgehead atoms. The lowest BCUT2D eigenvalue weighted by molar-refractivity contribution is -0.139. The van der Waals surface area contributed by atoms with Gasteiger partial charge < -0.3 is 28.6 Å². The van der Waals surface area contributed by atoms with E-state index in [1.165, 1.54) is 0 Å². The van der Waals surface area contributed by atoms with Gasteiger partial charge in [-0.15, -0.1) is 0 Å². The number of aromatic nitrogens is 2. The van der Waals surface area contributed by atoms with E-state index in [1.54, 1.807) is 38.5 Å². The fraction of sp³-hybridized carbons (Fsp3) is 0.310. The Labute approximate surface area is 231 Å². The van der Waals surface area contributed by atoms with Crippen LogP contribution in [0.3, 0.4) is 0 Å². The van der Waals surface area contributed by atoms with Gasteiger partial charge in [-0.3, -0.25) is 4.90 Å². The fourth-order valence-electron chi connectivity index (χ4n) is 4.39. The number of nitrogens with zero attached hydrogens (tertiary/aromatic N) is 4. The van der Waals surface area contributed by atoms with E-state index in [-0.39, 0.29) is 23.9 Å². The average Bonchev–Trinajstić information content (AvgIpc) is 3.07. The number of fused-ring (bicyclic) bond motifs is 1. The summed E-state index contributed by atoms with van der Waals surface area (Å²) in [7, 11) is 3.24. The maximum Gasteiger partial charge on any atom is 0.336 e. The van der Waals surface area contributed by atoms with Crippen LogP contribution >= 0.6 is 0 Å². The van der Waals surface area contributed by atoms with E-state index in [0.717, 1.165) is 49.8 Å². The van der Waals surface area contributed by atoms with Crippen LogP contribution in [0, 0.1) is 0 Å². The summed E-state index contributed by atoms with van der Waals surface area (Å²) in [6, 6.07) is 15.3. The van der Waals surface area contributed by atoms with E-state index in [4.69, 9.17) is 23.7 Å². The predicted octanol–water partition coefficient (Wildman–Crippen LogP) is 2.88. The van der Waals surface area contributed by atoms with Crippen LogP contribution in [0.1, 0.15) is 5.69 Å². The standard InChI is InChI=1S/C29H30N4O7/c1-36-22-7-3-20(4-8-22)28-30-24-19-39-25(34)11-12-26(35)40-27(24)29(31-28)38-18-17-32-13-15-33(16-14-32)21-5-9-23(37-2)10-6-21/h3-12H,13-19H2,1-2H3/b12-11-. The molecule has 11 nitrogen and oxygen atoms in total. The number of rotatable bonds is 8. The first kappa shape index (κ1) is 26.9. The van der Waals surface area contributed by atoms with Crippen molar-refractivity contribution in [3.63, 3.8) is 0 Å². The minimum Gasteiger partial charge on any atom is -0.497 e. The number of carbonyl (C=O) groups excluding carboxylic acids is 2. The van der Waals surface area contributed by atoms with Crippen LogP contribution in [0.15, 0.2) is 60.7 Å². The molecule has 0 N–H and O–H groups in total. The highest BCUT2D eigenvalue weighted by molar-refractivity contribution is 5.93.